The number of benzene rings is 6. The number of rotatable bonds is 5. The van der Waals surface area contributed by atoms with Gasteiger partial charge >= 0.3 is 0 Å². The van der Waals surface area contributed by atoms with Crippen molar-refractivity contribution < 1.29 is 4.42 Å². The van der Waals surface area contributed by atoms with E-state index in [1.165, 1.54) is 22.3 Å². The highest BCUT2D eigenvalue weighted by Gasteiger charge is 2.35. The molecule has 3 aromatic heterocycles. The summed E-state index contributed by atoms with van der Waals surface area (Å²) in [6.45, 7) is 4.64. The quantitative estimate of drug-likeness (QED) is 0.183. The molecule has 0 aliphatic heterocycles. The zero-order chi connectivity index (χ0) is 34.8. The minimum absolute atomic E-state index is 0.0515. The summed E-state index contributed by atoms with van der Waals surface area (Å²) in [5.74, 6) is 0.676. The molecule has 10 rings (SSSR count). The molecule has 1 aliphatic carbocycles. The molecule has 1 aliphatic rings. The minimum Gasteiger partial charge on any atom is -0.456 e. The van der Waals surface area contributed by atoms with Gasteiger partial charge in [0.25, 0.3) is 0 Å². The maximum atomic E-state index is 6.16. The largest absolute Gasteiger partial charge is 0.456 e. The Bertz CT molecular complexity index is 2820. The van der Waals surface area contributed by atoms with Gasteiger partial charge in [0.05, 0.1) is 11.4 Å². The van der Waals surface area contributed by atoms with E-state index in [1.54, 1.807) is 0 Å². The van der Waals surface area contributed by atoms with E-state index in [9.17, 15) is 0 Å². The Hall–Kier alpha value is -6.65. The van der Waals surface area contributed by atoms with E-state index in [4.69, 9.17) is 14.4 Å². The van der Waals surface area contributed by atoms with Crippen molar-refractivity contribution in [3.63, 3.8) is 0 Å². The van der Waals surface area contributed by atoms with Gasteiger partial charge in [-0.3, -0.25) is 4.98 Å². The first-order chi connectivity index (χ1) is 25.5. The van der Waals surface area contributed by atoms with Crippen LogP contribution in [0.15, 0.2) is 168 Å². The van der Waals surface area contributed by atoms with Crippen molar-refractivity contribution in [3.05, 3.63) is 175 Å². The maximum absolute atomic E-state index is 6.16. The molecule has 246 valence electrons. The number of aromatic nitrogens is 3. The number of hydrogen-bond donors (Lipinski definition) is 0. The number of nitrogens with zero attached hydrogens (tertiary/aromatic N) is 3. The first-order valence-electron chi connectivity index (χ1n) is 17.7. The van der Waals surface area contributed by atoms with Gasteiger partial charge in [0.15, 0.2) is 5.82 Å². The highest BCUT2D eigenvalue weighted by atomic mass is 16.3. The van der Waals surface area contributed by atoms with Crippen molar-refractivity contribution in [2.45, 2.75) is 19.3 Å². The summed E-state index contributed by atoms with van der Waals surface area (Å²) in [6, 6.07) is 53.4. The van der Waals surface area contributed by atoms with Gasteiger partial charge in [-0.25, -0.2) is 9.97 Å². The summed E-state index contributed by atoms with van der Waals surface area (Å²) in [7, 11) is 0. The van der Waals surface area contributed by atoms with E-state index < -0.39 is 0 Å². The molecule has 0 unspecified atom stereocenters. The van der Waals surface area contributed by atoms with Crippen molar-refractivity contribution in [2.24, 2.45) is 0 Å². The first-order valence-corrected chi connectivity index (χ1v) is 17.7. The normalized spacial score (nSPS) is 13.0. The standard InChI is InChI=1S/C48H33N3O/c1-48(2)41-16-8-6-14-37(41)39-26-31(18-20-42(39)48)34-23-35(33-13-10-22-49-29-33)25-36(24-34)44-28-43(50-47(51-44)30-11-4-3-5-12-30)32-19-21-46-40(27-32)38-15-7-9-17-45(38)52-46/h3-29H,1-2H3. The van der Waals surface area contributed by atoms with Crippen molar-refractivity contribution in [2.75, 3.05) is 0 Å². The van der Waals surface area contributed by atoms with Crippen LogP contribution in [0.1, 0.15) is 25.0 Å². The molecule has 0 spiro atoms. The molecule has 0 saturated carbocycles. The predicted octanol–water partition coefficient (Wildman–Crippen LogP) is 12.4. The molecule has 6 aromatic carbocycles. The lowest BCUT2D eigenvalue weighted by Gasteiger charge is -2.21. The Morgan fingerprint density at radius 2 is 1.12 bits per heavy atom. The van der Waals surface area contributed by atoms with Gasteiger partial charge in [-0.2, -0.15) is 0 Å². The highest BCUT2D eigenvalue weighted by molar-refractivity contribution is 6.06. The van der Waals surface area contributed by atoms with Crippen LogP contribution in [0.5, 0.6) is 0 Å². The van der Waals surface area contributed by atoms with E-state index in [1.807, 2.05) is 60.9 Å². The third-order valence-corrected chi connectivity index (χ3v) is 10.6. The maximum Gasteiger partial charge on any atom is 0.160 e. The Kier molecular flexibility index (Phi) is 6.80. The van der Waals surface area contributed by atoms with E-state index in [0.717, 1.165) is 72.3 Å². The number of para-hydroxylation sites is 1. The van der Waals surface area contributed by atoms with Gasteiger partial charge in [-0.1, -0.05) is 105 Å². The summed E-state index contributed by atoms with van der Waals surface area (Å²) >= 11 is 0. The minimum atomic E-state index is -0.0515. The second-order valence-corrected chi connectivity index (χ2v) is 14.1. The summed E-state index contributed by atoms with van der Waals surface area (Å²) in [5.41, 5.74) is 16.1. The molecule has 0 N–H and O–H groups in total. The SMILES string of the molecule is CC1(C)c2ccccc2-c2cc(-c3cc(-c4cccnc4)cc(-c4cc(-c5ccc6oc7ccccc7c6c5)nc(-c5ccccc5)n4)c3)ccc21. The van der Waals surface area contributed by atoms with Crippen LogP contribution >= 0.6 is 0 Å². The summed E-state index contributed by atoms with van der Waals surface area (Å²) in [4.78, 5) is 14.9. The van der Waals surface area contributed by atoms with Crippen LogP contribution < -0.4 is 0 Å². The molecule has 4 nitrogen and oxygen atoms in total. The molecular formula is C48H33N3O. The Balaban J connectivity index is 1.18. The third kappa shape index (κ3) is 4.95. The first kappa shape index (κ1) is 30.2. The second kappa shape index (κ2) is 11.7. The van der Waals surface area contributed by atoms with Crippen molar-refractivity contribution >= 4 is 21.9 Å². The lowest BCUT2D eigenvalue weighted by atomic mass is 9.82. The monoisotopic (exact) mass is 667 g/mol. The molecular weight excluding hydrogens is 635 g/mol. The molecule has 52 heavy (non-hydrogen) atoms. The highest BCUT2D eigenvalue weighted by Crippen LogP contribution is 2.49. The molecule has 0 radical (unpaired) electrons. The number of furan rings is 1. The van der Waals surface area contributed by atoms with Gasteiger partial charge in [0.1, 0.15) is 11.2 Å². The molecule has 3 heterocycles. The average Bonchev–Trinajstić information content (AvgIpc) is 3.69. The zero-order valence-corrected chi connectivity index (χ0v) is 28.8. The molecule has 0 bridgehead atoms. The summed E-state index contributed by atoms with van der Waals surface area (Å²) in [5, 5.41) is 2.16. The third-order valence-electron chi connectivity index (χ3n) is 10.6. The van der Waals surface area contributed by atoms with Gasteiger partial charge in [-0.05, 0) is 99.6 Å². The molecule has 0 atom stereocenters. The molecule has 0 fully saturated rings. The molecule has 0 saturated heterocycles. The summed E-state index contributed by atoms with van der Waals surface area (Å²) < 4.78 is 6.16. The van der Waals surface area contributed by atoms with E-state index in [0.29, 0.717) is 5.82 Å². The number of fused-ring (bicyclic) bond motifs is 6. The van der Waals surface area contributed by atoms with E-state index in [2.05, 4.69) is 122 Å². The molecule has 9 aromatic rings. The average molecular weight is 668 g/mol. The smallest absolute Gasteiger partial charge is 0.160 e. The van der Waals surface area contributed by atoms with Gasteiger partial charge in [-0.15, -0.1) is 0 Å². The van der Waals surface area contributed by atoms with Crippen LogP contribution in [0, 0.1) is 0 Å². The van der Waals surface area contributed by atoms with Crippen LogP contribution in [-0.2, 0) is 5.41 Å². The van der Waals surface area contributed by atoms with E-state index in [-0.39, 0.29) is 5.41 Å². The zero-order valence-electron chi connectivity index (χ0n) is 28.8. The summed E-state index contributed by atoms with van der Waals surface area (Å²) in [6.07, 6.45) is 3.74. The van der Waals surface area contributed by atoms with Crippen molar-refractivity contribution in [1.29, 1.82) is 0 Å². The Morgan fingerprint density at radius 1 is 0.442 bits per heavy atom. The fourth-order valence-electron chi connectivity index (χ4n) is 7.89. The fraction of sp³-hybridized carbons (Fsp3) is 0.0625. The number of pyridine rings is 1. The van der Waals surface area contributed by atoms with Gasteiger partial charge in [0.2, 0.25) is 0 Å². The Labute approximate surface area is 302 Å². The van der Waals surface area contributed by atoms with Crippen LogP contribution in [0.3, 0.4) is 0 Å². The van der Waals surface area contributed by atoms with Crippen molar-refractivity contribution in [3.8, 4) is 67.3 Å². The number of hydrogen-bond acceptors (Lipinski definition) is 4. The Morgan fingerprint density at radius 3 is 1.96 bits per heavy atom. The van der Waals surface area contributed by atoms with E-state index >= 15 is 0 Å². The lowest BCUT2D eigenvalue weighted by molar-refractivity contribution is 0.660. The van der Waals surface area contributed by atoms with Gasteiger partial charge < -0.3 is 4.42 Å². The molecule has 4 heteroatoms. The van der Waals surface area contributed by atoms with Crippen LogP contribution in [0.25, 0.3) is 89.2 Å². The lowest BCUT2D eigenvalue weighted by Crippen LogP contribution is -2.14. The molecule has 0 amide bonds. The topological polar surface area (TPSA) is 51.8 Å². The van der Waals surface area contributed by atoms with Crippen LogP contribution in [0.2, 0.25) is 0 Å². The fourth-order valence-corrected chi connectivity index (χ4v) is 7.89. The predicted molar refractivity (Wildman–Crippen MR) is 212 cm³/mol. The van der Waals surface area contributed by atoms with Crippen LogP contribution in [0.4, 0.5) is 0 Å². The second-order valence-electron chi connectivity index (χ2n) is 14.1. The van der Waals surface area contributed by atoms with Gasteiger partial charge in [0, 0.05) is 50.8 Å². The van der Waals surface area contributed by atoms with Crippen molar-refractivity contribution in [1.82, 2.24) is 15.0 Å². The van der Waals surface area contributed by atoms with Crippen LogP contribution in [-0.4, -0.2) is 15.0 Å².